The molecule has 0 unspecified atom stereocenters. The number of fused-ring (bicyclic) bond motifs is 3. The highest BCUT2D eigenvalue weighted by Crippen LogP contribution is 2.38. The van der Waals surface area contributed by atoms with E-state index in [2.05, 4.69) is 17.3 Å². The second kappa shape index (κ2) is 6.28. The zero-order valence-electron chi connectivity index (χ0n) is 11.7. The third-order valence-corrected chi connectivity index (χ3v) is 5.92. The van der Waals surface area contributed by atoms with E-state index in [0.717, 1.165) is 39.8 Å². The Hall–Kier alpha value is -0.850. The average molecular weight is 308 g/mol. The largest absolute Gasteiger partial charge is 0.308 e. The number of nitrogens with two attached hydrogens (primary N) is 1. The lowest BCUT2D eigenvalue weighted by Gasteiger charge is -2.11. The quantitative estimate of drug-likeness (QED) is 0.503. The smallest absolute Gasteiger partial charge is 0.152 e. The molecule has 20 heavy (non-hydrogen) atoms. The summed E-state index contributed by atoms with van der Waals surface area (Å²) < 4.78 is 0. The van der Waals surface area contributed by atoms with E-state index in [9.17, 15) is 0 Å². The topological polar surface area (TPSA) is 63.8 Å². The highest BCUT2D eigenvalue weighted by Gasteiger charge is 2.20. The van der Waals surface area contributed by atoms with Gasteiger partial charge in [-0.2, -0.15) is 11.8 Å². The standard InChI is InChI=1S/C14H20N4S2/c1-2-7-19-8-11-16-13(18-15)12-9-5-3-4-6-10(9)20-14(12)17-11/h2-8,15H2,1H3,(H,16,17,18). The van der Waals surface area contributed by atoms with Gasteiger partial charge in [0.2, 0.25) is 0 Å². The number of rotatable bonds is 5. The highest BCUT2D eigenvalue weighted by atomic mass is 32.2. The first kappa shape index (κ1) is 14.1. The zero-order chi connectivity index (χ0) is 13.9. The van der Waals surface area contributed by atoms with E-state index in [-0.39, 0.29) is 0 Å². The summed E-state index contributed by atoms with van der Waals surface area (Å²) in [5, 5.41) is 1.16. The van der Waals surface area contributed by atoms with E-state index in [1.807, 2.05) is 23.1 Å². The fraction of sp³-hybridized carbons (Fsp3) is 0.571. The van der Waals surface area contributed by atoms with Gasteiger partial charge in [-0.25, -0.2) is 15.8 Å². The number of thioether (sulfide) groups is 1. The Kier molecular flexibility index (Phi) is 4.43. The van der Waals surface area contributed by atoms with Crippen LogP contribution in [0.15, 0.2) is 0 Å². The monoisotopic (exact) mass is 308 g/mol. The normalized spacial score (nSPS) is 14.5. The van der Waals surface area contributed by atoms with Crippen LogP contribution in [0.3, 0.4) is 0 Å². The van der Waals surface area contributed by atoms with Crippen molar-refractivity contribution in [1.29, 1.82) is 0 Å². The molecule has 0 aromatic carbocycles. The van der Waals surface area contributed by atoms with Crippen LogP contribution < -0.4 is 11.3 Å². The average Bonchev–Trinajstić information content (AvgIpc) is 2.85. The summed E-state index contributed by atoms with van der Waals surface area (Å²) >= 11 is 3.71. The molecule has 0 amide bonds. The van der Waals surface area contributed by atoms with Gasteiger partial charge in [0, 0.05) is 4.88 Å². The molecule has 2 aromatic heterocycles. The van der Waals surface area contributed by atoms with E-state index in [4.69, 9.17) is 10.8 Å². The van der Waals surface area contributed by atoms with Gasteiger partial charge < -0.3 is 5.43 Å². The molecule has 0 aliphatic heterocycles. The number of hydrogen-bond donors (Lipinski definition) is 2. The number of nitrogen functional groups attached to an aromatic ring is 1. The molecule has 0 saturated heterocycles. The molecule has 1 aliphatic rings. The molecule has 2 heterocycles. The molecule has 0 spiro atoms. The lowest BCUT2D eigenvalue weighted by molar-refractivity contribution is 0.700. The van der Waals surface area contributed by atoms with Crippen molar-refractivity contribution >= 4 is 39.1 Å². The number of hydrogen-bond acceptors (Lipinski definition) is 6. The minimum absolute atomic E-state index is 0.807. The molecular weight excluding hydrogens is 288 g/mol. The van der Waals surface area contributed by atoms with E-state index in [0.29, 0.717) is 0 Å². The molecule has 0 saturated carbocycles. The molecule has 0 radical (unpaired) electrons. The van der Waals surface area contributed by atoms with Crippen LogP contribution >= 0.6 is 23.1 Å². The first-order valence-corrected chi connectivity index (χ1v) is 9.16. The first-order valence-electron chi connectivity index (χ1n) is 7.19. The van der Waals surface area contributed by atoms with Crippen molar-refractivity contribution in [2.45, 2.75) is 44.8 Å². The highest BCUT2D eigenvalue weighted by molar-refractivity contribution is 7.98. The van der Waals surface area contributed by atoms with E-state index >= 15 is 0 Å². The maximum atomic E-state index is 5.69. The van der Waals surface area contributed by atoms with Gasteiger partial charge in [-0.3, -0.25) is 0 Å². The molecule has 4 nitrogen and oxygen atoms in total. The van der Waals surface area contributed by atoms with E-state index < -0.39 is 0 Å². The molecule has 6 heteroatoms. The summed E-state index contributed by atoms with van der Waals surface area (Å²) in [6.45, 7) is 2.19. The Morgan fingerprint density at radius 2 is 2.15 bits per heavy atom. The summed E-state index contributed by atoms with van der Waals surface area (Å²) in [4.78, 5) is 11.9. The van der Waals surface area contributed by atoms with Gasteiger partial charge in [0.15, 0.2) is 5.82 Å². The van der Waals surface area contributed by atoms with Crippen molar-refractivity contribution in [3.63, 3.8) is 0 Å². The third kappa shape index (κ3) is 2.64. The van der Waals surface area contributed by atoms with Gasteiger partial charge in [0.25, 0.3) is 0 Å². The molecule has 3 rings (SSSR count). The van der Waals surface area contributed by atoms with Gasteiger partial charge in [-0.1, -0.05) is 6.92 Å². The maximum Gasteiger partial charge on any atom is 0.152 e. The predicted octanol–water partition coefficient (Wildman–Crippen LogP) is 3.50. The summed E-state index contributed by atoms with van der Waals surface area (Å²) in [5.41, 5.74) is 4.21. The number of aryl methyl sites for hydroxylation is 2. The van der Waals surface area contributed by atoms with Crippen LogP contribution in [0.25, 0.3) is 10.2 Å². The third-order valence-electron chi connectivity index (χ3n) is 3.58. The summed E-state index contributed by atoms with van der Waals surface area (Å²) in [5.74, 6) is 9.40. The van der Waals surface area contributed by atoms with Crippen LogP contribution in [-0.4, -0.2) is 15.7 Å². The summed E-state index contributed by atoms with van der Waals surface area (Å²) in [6.07, 6.45) is 6.05. The Morgan fingerprint density at radius 1 is 1.30 bits per heavy atom. The first-order chi connectivity index (χ1) is 9.83. The molecule has 0 bridgehead atoms. The van der Waals surface area contributed by atoms with Crippen molar-refractivity contribution < 1.29 is 0 Å². The van der Waals surface area contributed by atoms with Crippen molar-refractivity contribution in [2.75, 3.05) is 11.2 Å². The van der Waals surface area contributed by atoms with Gasteiger partial charge in [-0.15, -0.1) is 11.3 Å². The molecule has 0 atom stereocenters. The minimum atomic E-state index is 0.807. The van der Waals surface area contributed by atoms with Gasteiger partial charge in [0.1, 0.15) is 10.7 Å². The molecule has 3 N–H and O–H groups in total. The van der Waals surface area contributed by atoms with Crippen LogP contribution in [0, 0.1) is 0 Å². The SMILES string of the molecule is CCCSCc1nc(NN)c2c3c(sc2n1)CCCC3. The second-order valence-electron chi connectivity index (χ2n) is 5.08. The number of anilines is 1. The Bertz CT molecular complexity index is 609. The molecule has 0 fully saturated rings. The van der Waals surface area contributed by atoms with Crippen LogP contribution in [0.1, 0.15) is 42.5 Å². The fourth-order valence-electron chi connectivity index (χ4n) is 2.68. The Labute approximate surface area is 127 Å². The number of thiophene rings is 1. The Morgan fingerprint density at radius 3 is 2.95 bits per heavy atom. The van der Waals surface area contributed by atoms with Crippen molar-refractivity contribution in [1.82, 2.24) is 9.97 Å². The van der Waals surface area contributed by atoms with Crippen LogP contribution in [0.4, 0.5) is 5.82 Å². The molecule has 108 valence electrons. The van der Waals surface area contributed by atoms with Crippen LogP contribution in [0.5, 0.6) is 0 Å². The Balaban J connectivity index is 2.00. The maximum absolute atomic E-state index is 5.69. The number of nitrogens with zero attached hydrogens (tertiary/aromatic N) is 2. The molecule has 1 aliphatic carbocycles. The van der Waals surface area contributed by atoms with Crippen LogP contribution in [-0.2, 0) is 18.6 Å². The number of hydrazine groups is 1. The van der Waals surface area contributed by atoms with Crippen molar-refractivity contribution in [3.05, 3.63) is 16.3 Å². The second-order valence-corrected chi connectivity index (χ2v) is 7.27. The molecule has 2 aromatic rings. The lowest BCUT2D eigenvalue weighted by Crippen LogP contribution is -2.11. The molecular formula is C14H20N4S2. The van der Waals surface area contributed by atoms with Crippen LogP contribution in [0.2, 0.25) is 0 Å². The summed E-state index contributed by atoms with van der Waals surface area (Å²) in [6, 6.07) is 0. The fourth-order valence-corrected chi connectivity index (χ4v) is 4.70. The van der Waals surface area contributed by atoms with E-state index in [1.54, 1.807) is 0 Å². The van der Waals surface area contributed by atoms with Gasteiger partial charge in [-0.05, 0) is 43.4 Å². The van der Waals surface area contributed by atoms with Gasteiger partial charge >= 0.3 is 0 Å². The number of aromatic nitrogens is 2. The lowest BCUT2D eigenvalue weighted by atomic mass is 9.97. The van der Waals surface area contributed by atoms with Crippen molar-refractivity contribution in [2.24, 2.45) is 5.84 Å². The van der Waals surface area contributed by atoms with Gasteiger partial charge in [0.05, 0.1) is 11.1 Å². The summed E-state index contributed by atoms with van der Waals surface area (Å²) in [7, 11) is 0. The number of nitrogens with one attached hydrogen (secondary N) is 1. The van der Waals surface area contributed by atoms with Crippen molar-refractivity contribution in [3.8, 4) is 0 Å². The zero-order valence-corrected chi connectivity index (χ0v) is 13.4. The van der Waals surface area contributed by atoms with E-state index in [1.165, 1.54) is 36.1 Å². The predicted molar refractivity (Wildman–Crippen MR) is 88.3 cm³/mol. The minimum Gasteiger partial charge on any atom is -0.308 e.